The van der Waals surface area contributed by atoms with Crippen LogP contribution in [0.3, 0.4) is 0 Å². The zero-order valence-corrected chi connectivity index (χ0v) is 11.1. The molecule has 1 N–H and O–H groups in total. The third-order valence-corrected chi connectivity index (χ3v) is 3.48. The predicted octanol–water partition coefficient (Wildman–Crippen LogP) is 3.56. The first-order valence-electron chi connectivity index (χ1n) is 6.12. The summed E-state index contributed by atoms with van der Waals surface area (Å²) < 4.78 is 5.65. The van der Waals surface area contributed by atoms with Gasteiger partial charge in [-0.2, -0.15) is 0 Å². The summed E-state index contributed by atoms with van der Waals surface area (Å²) in [6.45, 7) is 5.83. The van der Waals surface area contributed by atoms with E-state index in [1.54, 1.807) is 0 Å². The van der Waals surface area contributed by atoms with E-state index in [1.165, 1.54) is 0 Å². The van der Waals surface area contributed by atoms with Gasteiger partial charge in [0.05, 0.1) is 0 Å². The molecule has 4 nitrogen and oxygen atoms in total. The van der Waals surface area contributed by atoms with Gasteiger partial charge in [-0.05, 0) is 44.5 Å². The maximum atomic E-state index is 10.8. The maximum Gasteiger partial charge on any atom is 0.170 e. The Kier molecular flexibility index (Phi) is 2.52. The van der Waals surface area contributed by atoms with Gasteiger partial charge in [0.15, 0.2) is 6.29 Å². The van der Waals surface area contributed by atoms with Gasteiger partial charge < -0.3 is 9.40 Å². The molecule has 3 rings (SSSR count). The van der Waals surface area contributed by atoms with Crippen molar-refractivity contribution >= 4 is 17.3 Å². The zero-order valence-electron chi connectivity index (χ0n) is 11.1. The van der Waals surface area contributed by atoms with Crippen molar-refractivity contribution in [3.63, 3.8) is 0 Å². The zero-order chi connectivity index (χ0) is 13.6. The summed E-state index contributed by atoms with van der Waals surface area (Å²) in [4.78, 5) is 18.3. The van der Waals surface area contributed by atoms with Crippen LogP contribution in [-0.4, -0.2) is 16.3 Å². The van der Waals surface area contributed by atoms with Crippen LogP contribution in [0.1, 0.15) is 27.5 Å². The van der Waals surface area contributed by atoms with Crippen molar-refractivity contribution in [2.45, 2.75) is 20.8 Å². The van der Waals surface area contributed by atoms with E-state index < -0.39 is 0 Å². The quantitative estimate of drug-likeness (QED) is 0.711. The number of aromatic amines is 1. The number of aldehydes is 1. The second kappa shape index (κ2) is 4.09. The van der Waals surface area contributed by atoms with Gasteiger partial charge in [0.2, 0.25) is 0 Å². The number of furan rings is 1. The molecular weight excluding hydrogens is 240 g/mol. The van der Waals surface area contributed by atoms with Crippen molar-refractivity contribution in [3.05, 3.63) is 40.9 Å². The number of aromatic nitrogens is 2. The molecule has 0 atom stereocenters. The Morgan fingerprint density at radius 1 is 1.26 bits per heavy atom. The average Bonchev–Trinajstić information content (AvgIpc) is 2.91. The van der Waals surface area contributed by atoms with Gasteiger partial charge in [-0.3, -0.25) is 4.79 Å². The molecule has 0 spiro atoms. The van der Waals surface area contributed by atoms with Crippen LogP contribution in [0.5, 0.6) is 0 Å². The number of imidazole rings is 1. The molecule has 0 aliphatic carbocycles. The lowest BCUT2D eigenvalue weighted by molar-refractivity contribution is 0.111. The molecule has 0 radical (unpaired) electrons. The monoisotopic (exact) mass is 254 g/mol. The minimum atomic E-state index is 0.454. The Morgan fingerprint density at radius 3 is 2.74 bits per heavy atom. The van der Waals surface area contributed by atoms with Crippen LogP contribution in [0.2, 0.25) is 0 Å². The Hall–Kier alpha value is -2.36. The van der Waals surface area contributed by atoms with Gasteiger partial charge in [0, 0.05) is 16.6 Å². The number of carbonyl (C=O) groups is 1. The molecule has 0 amide bonds. The topological polar surface area (TPSA) is 58.9 Å². The smallest absolute Gasteiger partial charge is 0.170 e. The highest BCUT2D eigenvalue weighted by molar-refractivity contribution is 5.86. The highest BCUT2D eigenvalue weighted by Gasteiger charge is 2.11. The minimum Gasteiger partial charge on any atom is -0.461 e. The van der Waals surface area contributed by atoms with Crippen molar-refractivity contribution < 1.29 is 9.21 Å². The van der Waals surface area contributed by atoms with Crippen LogP contribution in [-0.2, 0) is 0 Å². The fourth-order valence-corrected chi connectivity index (χ4v) is 2.22. The van der Waals surface area contributed by atoms with Gasteiger partial charge >= 0.3 is 0 Å². The lowest BCUT2D eigenvalue weighted by atomic mass is 10.1. The maximum absolute atomic E-state index is 10.8. The second-order valence-electron chi connectivity index (χ2n) is 4.71. The number of aryl methyl sites for hydroxylation is 3. The Morgan fingerprint density at radius 2 is 2.05 bits per heavy atom. The molecule has 0 bridgehead atoms. The molecule has 96 valence electrons. The van der Waals surface area contributed by atoms with Gasteiger partial charge in [0.25, 0.3) is 0 Å². The summed E-state index contributed by atoms with van der Waals surface area (Å²) in [5.74, 6) is 1.64. The molecule has 0 aliphatic rings. The lowest BCUT2D eigenvalue weighted by Gasteiger charge is -1.97. The molecule has 0 unspecified atom stereocenters. The fraction of sp³-hybridized carbons (Fsp3) is 0.200. The fourth-order valence-electron chi connectivity index (χ4n) is 2.22. The van der Waals surface area contributed by atoms with E-state index >= 15 is 0 Å². The van der Waals surface area contributed by atoms with Crippen LogP contribution in [0.4, 0.5) is 0 Å². The first-order chi connectivity index (χ1) is 9.10. The lowest BCUT2D eigenvalue weighted by Crippen LogP contribution is -1.82. The molecule has 1 aromatic carbocycles. The summed E-state index contributed by atoms with van der Waals surface area (Å²) in [6, 6.07) is 5.91. The Bertz CT molecular complexity index is 781. The van der Waals surface area contributed by atoms with Crippen molar-refractivity contribution in [1.82, 2.24) is 9.97 Å². The van der Waals surface area contributed by atoms with E-state index in [0.717, 1.165) is 39.8 Å². The van der Waals surface area contributed by atoms with Crippen LogP contribution in [0.25, 0.3) is 22.4 Å². The second-order valence-corrected chi connectivity index (χ2v) is 4.71. The predicted molar refractivity (Wildman–Crippen MR) is 73.4 cm³/mol. The third-order valence-electron chi connectivity index (χ3n) is 3.48. The number of fused-ring (bicyclic) bond motifs is 1. The van der Waals surface area contributed by atoms with E-state index in [2.05, 4.69) is 9.97 Å². The van der Waals surface area contributed by atoms with Gasteiger partial charge in [-0.15, -0.1) is 0 Å². The number of carbonyl (C=O) groups excluding carboxylic acids is 1. The van der Waals surface area contributed by atoms with Crippen LogP contribution in [0.15, 0.2) is 22.6 Å². The summed E-state index contributed by atoms with van der Waals surface area (Å²) in [5.41, 5.74) is 4.20. The number of hydrogen-bond donors (Lipinski definition) is 1. The summed E-state index contributed by atoms with van der Waals surface area (Å²) in [7, 11) is 0. The van der Waals surface area contributed by atoms with Gasteiger partial charge in [-0.1, -0.05) is 0 Å². The molecule has 0 fully saturated rings. The van der Waals surface area contributed by atoms with Crippen LogP contribution in [0, 0.1) is 20.8 Å². The van der Waals surface area contributed by atoms with E-state index in [9.17, 15) is 4.79 Å². The largest absolute Gasteiger partial charge is 0.461 e. The number of benzene rings is 1. The molecule has 0 aliphatic heterocycles. The van der Waals surface area contributed by atoms with Crippen LogP contribution >= 0.6 is 0 Å². The minimum absolute atomic E-state index is 0.454. The normalized spacial score (nSPS) is 11.1. The van der Waals surface area contributed by atoms with Crippen LogP contribution < -0.4 is 0 Å². The third kappa shape index (κ3) is 1.76. The van der Waals surface area contributed by atoms with Gasteiger partial charge in [-0.25, -0.2) is 4.98 Å². The molecule has 2 heterocycles. The average molecular weight is 254 g/mol. The first-order valence-corrected chi connectivity index (χ1v) is 6.12. The van der Waals surface area contributed by atoms with E-state index in [0.29, 0.717) is 11.5 Å². The number of hydrogen-bond acceptors (Lipinski definition) is 3. The van der Waals surface area contributed by atoms with E-state index in [-0.39, 0.29) is 0 Å². The van der Waals surface area contributed by atoms with E-state index in [4.69, 9.17) is 4.42 Å². The highest BCUT2D eigenvalue weighted by Crippen LogP contribution is 2.28. The van der Waals surface area contributed by atoms with Crippen molar-refractivity contribution in [2.24, 2.45) is 0 Å². The molecule has 3 aromatic rings. The number of H-pyrrole nitrogens is 1. The number of nitrogens with zero attached hydrogens (tertiary/aromatic N) is 1. The molecular formula is C15H14N2O2. The SMILES string of the molecule is Cc1[nH]c(-c2ccc3oc(C)c(C)c3c2)nc1C=O. The molecule has 4 heteroatoms. The molecule has 0 saturated carbocycles. The molecule has 2 aromatic heterocycles. The van der Waals surface area contributed by atoms with Crippen molar-refractivity contribution in [2.75, 3.05) is 0 Å². The Labute approximate surface area is 110 Å². The standard InChI is InChI=1S/C15H14N2O2/c1-8-10(3)19-14-5-4-11(6-12(8)14)15-16-9(2)13(7-18)17-15/h4-7H,1-3H3,(H,16,17). The molecule has 19 heavy (non-hydrogen) atoms. The van der Waals surface area contributed by atoms with E-state index in [1.807, 2.05) is 39.0 Å². The van der Waals surface area contributed by atoms with Crippen molar-refractivity contribution in [1.29, 1.82) is 0 Å². The highest BCUT2D eigenvalue weighted by atomic mass is 16.3. The van der Waals surface area contributed by atoms with Gasteiger partial charge in [0.1, 0.15) is 22.9 Å². The first kappa shape index (κ1) is 11.7. The summed E-state index contributed by atoms with van der Waals surface area (Å²) in [5, 5.41) is 1.08. The Balaban J connectivity index is 2.19. The summed E-state index contributed by atoms with van der Waals surface area (Å²) in [6.07, 6.45) is 0.765. The molecule has 0 saturated heterocycles. The summed E-state index contributed by atoms with van der Waals surface area (Å²) >= 11 is 0. The van der Waals surface area contributed by atoms with Crippen molar-refractivity contribution in [3.8, 4) is 11.4 Å². The number of nitrogens with one attached hydrogen (secondary N) is 1. The number of rotatable bonds is 2.